The van der Waals surface area contributed by atoms with Gasteiger partial charge in [0.15, 0.2) is 0 Å². The van der Waals surface area contributed by atoms with Crippen LogP contribution in [0, 0.1) is 18.7 Å². The molecule has 4 heteroatoms. The lowest BCUT2D eigenvalue weighted by molar-refractivity contribution is -0.122. The van der Waals surface area contributed by atoms with Gasteiger partial charge in [-0.1, -0.05) is 0 Å². The Kier molecular flexibility index (Phi) is 3.43. The van der Waals surface area contributed by atoms with Crippen LogP contribution in [0.5, 0.6) is 0 Å². The van der Waals surface area contributed by atoms with Gasteiger partial charge < -0.3 is 10.4 Å². The molecule has 1 fully saturated rings. The average Bonchev–Trinajstić information content (AvgIpc) is 2.62. The summed E-state index contributed by atoms with van der Waals surface area (Å²) in [5.74, 6) is -0.953. The maximum absolute atomic E-state index is 13.1. The van der Waals surface area contributed by atoms with Gasteiger partial charge in [0.05, 0.1) is 12.0 Å². The standard InChI is InChI=1S/C13H16FNO2/c1-8-5-9(14)7-10(6-8)15-13(17)11-3-2-4-12(11)16/h5-7,11-12,16H,2-4H2,1H3,(H,15,17). The molecule has 0 aromatic heterocycles. The van der Waals surface area contributed by atoms with Crippen LogP contribution in [0.25, 0.3) is 0 Å². The predicted octanol–water partition coefficient (Wildman–Crippen LogP) is 2.23. The van der Waals surface area contributed by atoms with Crippen LogP contribution in [-0.4, -0.2) is 17.1 Å². The van der Waals surface area contributed by atoms with Crippen molar-refractivity contribution < 1.29 is 14.3 Å². The molecule has 1 aliphatic rings. The van der Waals surface area contributed by atoms with Crippen molar-refractivity contribution in [1.29, 1.82) is 0 Å². The first-order valence-corrected chi connectivity index (χ1v) is 5.82. The molecule has 2 N–H and O–H groups in total. The highest BCUT2D eigenvalue weighted by molar-refractivity contribution is 5.93. The van der Waals surface area contributed by atoms with Crippen molar-refractivity contribution in [2.75, 3.05) is 5.32 Å². The molecule has 0 heterocycles. The van der Waals surface area contributed by atoms with E-state index in [0.717, 1.165) is 12.0 Å². The first kappa shape index (κ1) is 12.0. The zero-order valence-electron chi connectivity index (χ0n) is 9.74. The fraction of sp³-hybridized carbons (Fsp3) is 0.462. The predicted molar refractivity (Wildman–Crippen MR) is 63.1 cm³/mol. The maximum Gasteiger partial charge on any atom is 0.230 e. The molecule has 2 rings (SSSR count). The molecular formula is C13H16FNO2. The lowest BCUT2D eigenvalue weighted by atomic mass is 10.1. The lowest BCUT2D eigenvalue weighted by Gasteiger charge is -2.14. The largest absolute Gasteiger partial charge is 0.392 e. The van der Waals surface area contributed by atoms with Crippen LogP contribution in [0.3, 0.4) is 0 Å². The van der Waals surface area contributed by atoms with Crippen LogP contribution in [0.1, 0.15) is 24.8 Å². The summed E-state index contributed by atoms with van der Waals surface area (Å²) >= 11 is 0. The van der Waals surface area contributed by atoms with Crippen LogP contribution >= 0.6 is 0 Å². The molecule has 1 aliphatic carbocycles. The number of aliphatic hydroxyl groups is 1. The molecule has 2 atom stereocenters. The topological polar surface area (TPSA) is 49.3 Å². The first-order valence-electron chi connectivity index (χ1n) is 5.82. The summed E-state index contributed by atoms with van der Waals surface area (Å²) in [5, 5.41) is 12.3. The molecule has 0 spiro atoms. The summed E-state index contributed by atoms with van der Waals surface area (Å²) in [6, 6.07) is 4.40. The Labute approximate surface area is 99.7 Å². The third kappa shape index (κ3) is 2.82. The SMILES string of the molecule is Cc1cc(F)cc(NC(=O)C2CCCC2O)c1. The molecule has 1 aromatic rings. The second-order valence-electron chi connectivity index (χ2n) is 4.61. The fourth-order valence-electron chi connectivity index (χ4n) is 2.29. The van der Waals surface area contributed by atoms with E-state index in [1.165, 1.54) is 12.1 Å². The molecule has 1 saturated carbocycles. The Hall–Kier alpha value is -1.42. The van der Waals surface area contributed by atoms with E-state index in [9.17, 15) is 14.3 Å². The number of aryl methyl sites for hydroxylation is 1. The molecule has 0 bridgehead atoms. The molecule has 0 aliphatic heterocycles. The minimum Gasteiger partial charge on any atom is -0.392 e. The van der Waals surface area contributed by atoms with E-state index in [4.69, 9.17) is 0 Å². The number of hydrogen-bond donors (Lipinski definition) is 2. The van der Waals surface area contributed by atoms with Crippen LogP contribution < -0.4 is 5.32 Å². The minimum absolute atomic E-state index is 0.222. The molecule has 92 valence electrons. The molecule has 0 saturated heterocycles. The molecule has 17 heavy (non-hydrogen) atoms. The third-order valence-corrected chi connectivity index (χ3v) is 3.13. The fourth-order valence-corrected chi connectivity index (χ4v) is 2.29. The van der Waals surface area contributed by atoms with Gasteiger partial charge in [-0.25, -0.2) is 4.39 Å². The van der Waals surface area contributed by atoms with Crippen molar-refractivity contribution in [2.24, 2.45) is 5.92 Å². The van der Waals surface area contributed by atoms with Crippen molar-refractivity contribution in [2.45, 2.75) is 32.3 Å². The van der Waals surface area contributed by atoms with Gasteiger partial charge in [0, 0.05) is 5.69 Å². The summed E-state index contributed by atoms with van der Waals surface area (Å²) in [4.78, 5) is 11.9. The number of nitrogens with one attached hydrogen (secondary N) is 1. The number of benzene rings is 1. The van der Waals surface area contributed by atoms with E-state index in [0.29, 0.717) is 18.5 Å². The van der Waals surface area contributed by atoms with Gasteiger partial charge in [-0.2, -0.15) is 0 Å². The molecular weight excluding hydrogens is 221 g/mol. The number of hydrogen-bond acceptors (Lipinski definition) is 2. The molecule has 0 radical (unpaired) electrons. The number of aliphatic hydroxyl groups excluding tert-OH is 1. The minimum atomic E-state index is -0.565. The zero-order chi connectivity index (χ0) is 12.4. The second-order valence-corrected chi connectivity index (χ2v) is 4.61. The second kappa shape index (κ2) is 4.84. The van der Waals surface area contributed by atoms with Gasteiger partial charge in [-0.3, -0.25) is 4.79 Å². The van der Waals surface area contributed by atoms with Crippen molar-refractivity contribution in [3.8, 4) is 0 Å². The van der Waals surface area contributed by atoms with Crippen molar-refractivity contribution >= 4 is 11.6 Å². The van der Waals surface area contributed by atoms with Gasteiger partial charge in [0.2, 0.25) is 5.91 Å². The molecule has 1 aromatic carbocycles. The summed E-state index contributed by atoms with van der Waals surface area (Å²) in [7, 11) is 0. The number of amides is 1. The van der Waals surface area contributed by atoms with Crippen molar-refractivity contribution in [3.63, 3.8) is 0 Å². The summed E-state index contributed by atoms with van der Waals surface area (Å²) < 4.78 is 13.1. The number of carbonyl (C=O) groups excluding carboxylic acids is 1. The van der Waals surface area contributed by atoms with Gasteiger partial charge in [-0.05, 0) is 49.9 Å². The highest BCUT2D eigenvalue weighted by atomic mass is 19.1. The number of halogens is 1. The van der Waals surface area contributed by atoms with Crippen LogP contribution in [0.4, 0.5) is 10.1 Å². The van der Waals surface area contributed by atoms with Crippen LogP contribution in [-0.2, 0) is 4.79 Å². The summed E-state index contributed by atoms with van der Waals surface area (Å²) in [6.07, 6.45) is 1.66. The van der Waals surface area contributed by atoms with E-state index in [1.54, 1.807) is 13.0 Å². The van der Waals surface area contributed by atoms with Gasteiger partial charge >= 0.3 is 0 Å². The van der Waals surface area contributed by atoms with E-state index >= 15 is 0 Å². The Balaban J connectivity index is 2.07. The Morgan fingerprint density at radius 2 is 2.18 bits per heavy atom. The number of rotatable bonds is 2. The van der Waals surface area contributed by atoms with Gasteiger partial charge in [0.1, 0.15) is 5.82 Å². The first-order chi connectivity index (χ1) is 8.06. The third-order valence-electron chi connectivity index (χ3n) is 3.13. The van der Waals surface area contributed by atoms with E-state index < -0.39 is 6.10 Å². The highest BCUT2D eigenvalue weighted by Gasteiger charge is 2.31. The van der Waals surface area contributed by atoms with Gasteiger partial charge in [-0.15, -0.1) is 0 Å². The average molecular weight is 237 g/mol. The zero-order valence-corrected chi connectivity index (χ0v) is 9.74. The normalized spacial score (nSPS) is 23.7. The number of carbonyl (C=O) groups is 1. The Morgan fingerprint density at radius 1 is 1.41 bits per heavy atom. The smallest absolute Gasteiger partial charge is 0.230 e. The molecule has 2 unspecified atom stereocenters. The maximum atomic E-state index is 13.1. The van der Waals surface area contributed by atoms with Crippen molar-refractivity contribution in [1.82, 2.24) is 0 Å². The van der Waals surface area contributed by atoms with E-state index in [1.807, 2.05) is 0 Å². The van der Waals surface area contributed by atoms with Crippen LogP contribution in [0.15, 0.2) is 18.2 Å². The van der Waals surface area contributed by atoms with Gasteiger partial charge in [0.25, 0.3) is 0 Å². The quantitative estimate of drug-likeness (QED) is 0.828. The summed E-state index contributed by atoms with van der Waals surface area (Å²) in [5.41, 5.74) is 1.21. The monoisotopic (exact) mass is 237 g/mol. The Morgan fingerprint density at radius 3 is 2.76 bits per heavy atom. The summed E-state index contributed by atoms with van der Waals surface area (Å²) in [6.45, 7) is 1.77. The van der Waals surface area contributed by atoms with E-state index in [2.05, 4.69) is 5.32 Å². The molecule has 1 amide bonds. The Bertz CT molecular complexity index is 413. The van der Waals surface area contributed by atoms with Crippen LogP contribution in [0.2, 0.25) is 0 Å². The lowest BCUT2D eigenvalue weighted by Crippen LogP contribution is -2.28. The van der Waals surface area contributed by atoms with Crippen molar-refractivity contribution in [3.05, 3.63) is 29.6 Å². The van der Waals surface area contributed by atoms with E-state index in [-0.39, 0.29) is 17.6 Å². The number of anilines is 1. The highest BCUT2D eigenvalue weighted by Crippen LogP contribution is 2.27. The molecule has 3 nitrogen and oxygen atoms in total.